The minimum Gasteiger partial charge on any atom is -0.442 e. The van der Waals surface area contributed by atoms with Crippen LogP contribution in [0, 0.1) is 0 Å². The van der Waals surface area contributed by atoms with Crippen molar-refractivity contribution in [3.8, 4) is 11.4 Å². The van der Waals surface area contributed by atoms with Gasteiger partial charge in [0.1, 0.15) is 0 Å². The molecule has 1 aromatic heterocycles. The van der Waals surface area contributed by atoms with Gasteiger partial charge in [-0.1, -0.05) is 48.5 Å². The van der Waals surface area contributed by atoms with E-state index < -0.39 is 0 Å². The van der Waals surface area contributed by atoms with Crippen LogP contribution in [0.5, 0.6) is 0 Å². The van der Waals surface area contributed by atoms with Crippen molar-refractivity contribution in [3.05, 3.63) is 42.7 Å². The average molecular weight is 209 g/mol. The van der Waals surface area contributed by atoms with E-state index in [9.17, 15) is 0 Å². The summed E-state index contributed by atoms with van der Waals surface area (Å²) < 4.78 is 0. The van der Waals surface area contributed by atoms with E-state index in [2.05, 4.69) is 9.97 Å². The van der Waals surface area contributed by atoms with E-state index in [-0.39, 0.29) is 19.5 Å². The Morgan fingerprint density at radius 2 is 1.83 bits per heavy atom. The summed E-state index contributed by atoms with van der Waals surface area (Å²) in [5, 5.41) is 0. The molecule has 0 spiro atoms. The molecule has 3 heteroatoms. The number of imidazole rings is 1. The van der Waals surface area contributed by atoms with E-state index in [1.807, 2.05) is 30.3 Å². The fraction of sp³-hybridized carbons (Fsp3) is 0. The largest absolute Gasteiger partial charge is 0.442 e. The van der Waals surface area contributed by atoms with Gasteiger partial charge in [0.05, 0.1) is 0 Å². The Hall–Kier alpha value is -0.947. The Bertz CT molecular complexity index is 316. The maximum absolute atomic E-state index is 4.08. The zero-order valence-corrected chi connectivity index (χ0v) is 9.61. The van der Waals surface area contributed by atoms with E-state index >= 15 is 0 Å². The van der Waals surface area contributed by atoms with Crippen molar-refractivity contribution in [2.75, 3.05) is 0 Å². The van der Waals surface area contributed by atoms with Crippen LogP contribution in [0.1, 0.15) is 0 Å². The van der Waals surface area contributed by atoms with Crippen LogP contribution in [-0.4, -0.2) is 4.98 Å². The maximum Gasteiger partial charge on any atom is 0 e. The molecule has 0 aliphatic carbocycles. The Labute approximate surface area is 83.8 Å². The third-order valence-corrected chi connectivity index (χ3v) is 1.49. The molecule has 1 heterocycles. The molecule has 0 fully saturated rings. The Morgan fingerprint density at radius 1 is 1.08 bits per heavy atom. The van der Waals surface area contributed by atoms with E-state index in [4.69, 9.17) is 0 Å². The van der Waals surface area contributed by atoms with Crippen molar-refractivity contribution in [2.24, 2.45) is 0 Å². The number of rotatable bonds is 1. The van der Waals surface area contributed by atoms with Crippen molar-refractivity contribution in [1.82, 2.24) is 9.97 Å². The van der Waals surface area contributed by atoms with Crippen LogP contribution in [0.15, 0.2) is 42.7 Å². The van der Waals surface area contributed by atoms with Gasteiger partial charge in [-0.05, 0) is 5.56 Å². The summed E-state index contributed by atoms with van der Waals surface area (Å²) >= 11 is 0. The molecule has 0 saturated carbocycles. The first-order valence-electron chi connectivity index (χ1n) is 3.46. The molecule has 0 aliphatic heterocycles. The summed E-state index contributed by atoms with van der Waals surface area (Å²) in [5.74, 6) is 0.797. The summed E-state index contributed by atoms with van der Waals surface area (Å²) in [7, 11) is 0. The van der Waals surface area contributed by atoms with Crippen LogP contribution in [0.2, 0.25) is 0 Å². The summed E-state index contributed by atoms with van der Waals surface area (Å²) in [6.07, 6.45) is 3.39. The molecule has 0 atom stereocenters. The van der Waals surface area contributed by atoms with Gasteiger partial charge in [0.15, 0.2) is 0 Å². The topological polar surface area (TPSA) is 27.0 Å². The van der Waals surface area contributed by atoms with Gasteiger partial charge in [0.25, 0.3) is 0 Å². The second-order valence-electron chi connectivity index (χ2n) is 2.25. The number of hydrogen-bond acceptors (Lipinski definition) is 1. The minimum atomic E-state index is 0. The predicted octanol–water partition coefficient (Wildman–Crippen LogP) is 1.70. The van der Waals surface area contributed by atoms with Gasteiger partial charge in [-0.15, -0.1) is 0 Å². The van der Waals surface area contributed by atoms with Crippen molar-refractivity contribution in [1.29, 1.82) is 0 Å². The molecule has 0 unspecified atom stereocenters. The van der Waals surface area contributed by atoms with Crippen molar-refractivity contribution >= 4 is 0 Å². The van der Waals surface area contributed by atoms with Gasteiger partial charge in [-0.25, -0.2) is 0 Å². The van der Waals surface area contributed by atoms with E-state index in [1.54, 1.807) is 12.4 Å². The van der Waals surface area contributed by atoms with Gasteiger partial charge < -0.3 is 9.97 Å². The quantitative estimate of drug-likeness (QED) is 0.667. The summed E-state index contributed by atoms with van der Waals surface area (Å²) in [6.45, 7) is 0. The molecule has 0 radical (unpaired) electrons. The minimum absolute atomic E-state index is 0. The number of nitrogens with zero attached hydrogens (tertiary/aromatic N) is 2. The molecule has 0 aliphatic rings. The molecular weight excluding hydrogens is 202 g/mol. The SMILES string of the molecule is [Zn].c1ccc(-c2ncc[n-]2)cc1. The third kappa shape index (κ3) is 1.80. The second kappa shape index (κ2) is 4.17. The molecule has 1 aromatic carbocycles. The van der Waals surface area contributed by atoms with Crippen molar-refractivity contribution in [3.63, 3.8) is 0 Å². The predicted molar refractivity (Wildman–Crippen MR) is 43.0 cm³/mol. The third-order valence-electron chi connectivity index (χ3n) is 1.49. The fourth-order valence-corrected chi connectivity index (χ4v) is 0.977. The van der Waals surface area contributed by atoms with Gasteiger partial charge in [-0.3, -0.25) is 0 Å². The molecule has 0 amide bonds. The molecular formula is C9H7N2Zn-. The molecule has 2 aromatic rings. The molecule has 56 valence electrons. The van der Waals surface area contributed by atoms with Crippen LogP contribution in [-0.2, 0) is 19.5 Å². The van der Waals surface area contributed by atoms with Gasteiger partial charge in [0.2, 0.25) is 0 Å². The summed E-state index contributed by atoms with van der Waals surface area (Å²) in [5.41, 5.74) is 1.07. The smallest absolute Gasteiger partial charge is 0 e. The Balaban J connectivity index is 0.000000720. The molecule has 0 N–H and O–H groups in total. The van der Waals surface area contributed by atoms with Crippen molar-refractivity contribution in [2.45, 2.75) is 0 Å². The first-order valence-corrected chi connectivity index (χ1v) is 3.46. The molecule has 2 rings (SSSR count). The second-order valence-corrected chi connectivity index (χ2v) is 2.25. The van der Waals surface area contributed by atoms with Crippen LogP contribution < -0.4 is 4.98 Å². The first-order chi connectivity index (χ1) is 5.47. The van der Waals surface area contributed by atoms with Gasteiger partial charge in [-0.2, -0.15) is 0 Å². The van der Waals surface area contributed by atoms with Crippen molar-refractivity contribution < 1.29 is 19.5 Å². The molecule has 12 heavy (non-hydrogen) atoms. The Morgan fingerprint density at radius 3 is 2.42 bits per heavy atom. The van der Waals surface area contributed by atoms with Crippen LogP contribution >= 0.6 is 0 Å². The zero-order valence-electron chi connectivity index (χ0n) is 6.64. The monoisotopic (exact) mass is 207 g/mol. The maximum atomic E-state index is 4.08. The molecule has 0 saturated heterocycles. The summed E-state index contributed by atoms with van der Waals surface area (Å²) in [4.78, 5) is 8.15. The Kier molecular flexibility index (Phi) is 3.18. The van der Waals surface area contributed by atoms with Gasteiger partial charge in [0, 0.05) is 19.5 Å². The molecule has 0 bridgehead atoms. The number of hydrogen-bond donors (Lipinski definition) is 0. The van der Waals surface area contributed by atoms with Crippen LogP contribution in [0.3, 0.4) is 0 Å². The molecule has 2 nitrogen and oxygen atoms in total. The average Bonchev–Trinajstić information content (AvgIpc) is 2.58. The standard InChI is InChI=1S/C9H7N2.Zn/c1-2-4-8(5-3-1)9-10-6-7-11-9;/h1-7H;/q-1;. The van der Waals surface area contributed by atoms with E-state index in [0.717, 1.165) is 11.4 Å². The van der Waals surface area contributed by atoms with E-state index in [1.165, 1.54) is 0 Å². The van der Waals surface area contributed by atoms with Crippen LogP contribution in [0.25, 0.3) is 11.4 Å². The normalized spacial score (nSPS) is 9.00. The number of aromatic nitrogens is 2. The van der Waals surface area contributed by atoms with E-state index in [0.29, 0.717) is 0 Å². The van der Waals surface area contributed by atoms with Crippen LogP contribution in [0.4, 0.5) is 0 Å². The fourth-order valence-electron chi connectivity index (χ4n) is 0.977. The summed E-state index contributed by atoms with van der Waals surface area (Å²) in [6, 6.07) is 9.93. The van der Waals surface area contributed by atoms with Gasteiger partial charge >= 0.3 is 0 Å². The number of benzene rings is 1. The first kappa shape index (κ1) is 9.14. The zero-order chi connectivity index (χ0) is 7.52.